The topological polar surface area (TPSA) is 55.1 Å². The molecule has 1 aliphatic rings. The lowest BCUT2D eigenvalue weighted by Gasteiger charge is -2.23. The van der Waals surface area contributed by atoms with Crippen molar-refractivity contribution in [2.75, 3.05) is 5.73 Å². The monoisotopic (exact) mass is 324 g/mol. The van der Waals surface area contributed by atoms with E-state index in [-0.39, 0.29) is 11.9 Å². The predicted octanol–water partition coefficient (Wildman–Crippen LogP) is 3.73. The van der Waals surface area contributed by atoms with E-state index in [1.807, 2.05) is 6.07 Å². The molecule has 1 saturated carbocycles. The molecule has 1 aromatic rings. The molecule has 0 aromatic heterocycles. The summed E-state index contributed by atoms with van der Waals surface area (Å²) in [6.45, 7) is 2.22. The number of benzene rings is 1. The van der Waals surface area contributed by atoms with Crippen molar-refractivity contribution >= 4 is 27.5 Å². The van der Waals surface area contributed by atoms with Crippen molar-refractivity contribution in [1.29, 1.82) is 0 Å². The van der Waals surface area contributed by atoms with Gasteiger partial charge in [-0.15, -0.1) is 0 Å². The highest BCUT2D eigenvalue weighted by molar-refractivity contribution is 9.10. The van der Waals surface area contributed by atoms with Gasteiger partial charge in [-0.25, -0.2) is 0 Å². The summed E-state index contributed by atoms with van der Waals surface area (Å²) in [7, 11) is 0. The third-order valence-electron chi connectivity index (χ3n) is 3.94. The van der Waals surface area contributed by atoms with Gasteiger partial charge < -0.3 is 11.1 Å². The highest BCUT2D eigenvalue weighted by atomic mass is 79.9. The second-order valence-electron chi connectivity index (χ2n) is 5.43. The van der Waals surface area contributed by atoms with Crippen LogP contribution in [0.4, 0.5) is 5.69 Å². The first-order chi connectivity index (χ1) is 9.08. The Morgan fingerprint density at radius 1 is 1.32 bits per heavy atom. The maximum Gasteiger partial charge on any atom is 0.253 e. The van der Waals surface area contributed by atoms with Crippen molar-refractivity contribution in [3.8, 4) is 0 Å². The normalized spacial score (nSPS) is 23.7. The Bertz CT molecular complexity index is 461. The number of carbonyl (C=O) groups is 1. The van der Waals surface area contributed by atoms with Gasteiger partial charge in [0.1, 0.15) is 0 Å². The van der Waals surface area contributed by atoms with Crippen LogP contribution < -0.4 is 11.1 Å². The first-order valence-electron chi connectivity index (χ1n) is 6.94. The van der Waals surface area contributed by atoms with Crippen LogP contribution >= 0.6 is 15.9 Å². The number of nitrogen functional groups attached to an aromatic ring is 1. The second-order valence-corrected chi connectivity index (χ2v) is 6.34. The molecule has 0 saturated heterocycles. The van der Waals surface area contributed by atoms with E-state index >= 15 is 0 Å². The molecule has 104 valence electrons. The Morgan fingerprint density at radius 3 is 2.79 bits per heavy atom. The first-order valence-corrected chi connectivity index (χ1v) is 7.73. The van der Waals surface area contributed by atoms with Crippen molar-refractivity contribution in [1.82, 2.24) is 5.32 Å². The van der Waals surface area contributed by atoms with Crippen LogP contribution in [0.15, 0.2) is 22.7 Å². The average molecular weight is 325 g/mol. The molecule has 2 unspecified atom stereocenters. The Kier molecular flexibility index (Phi) is 4.86. The standard InChI is InChI=1S/C15H21BrN2O/c1-10-5-3-2-4-6-14(10)18-15(19)12-8-7-11(16)9-13(12)17/h7-10,14H,2-6,17H2,1H3,(H,18,19). The van der Waals surface area contributed by atoms with Gasteiger partial charge in [0.2, 0.25) is 0 Å². The molecule has 2 rings (SSSR count). The molecule has 3 nitrogen and oxygen atoms in total. The maximum atomic E-state index is 12.3. The zero-order chi connectivity index (χ0) is 13.8. The molecule has 0 spiro atoms. The van der Waals surface area contributed by atoms with Gasteiger partial charge in [0.05, 0.1) is 5.56 Å². The van der Waals surface area contributed by atoms with Gasteiger partial charge in [0.15, 0.2) is 0 Å². The third-order valence-corrected chi connectivity index (χ3v) is 4.43. The second kappa shape index (κ2) is 6.42. The van der Waals surface area contributed by atoms with E-state index in [2.05, 4.69) is 28.2 Å². The molecule has 1 fully saturated rings. The van der Waals surface area contributed by atoms with Gasteiger partial charge in [0.25, 0.3) is 5.91 Å². The minimum absolute atomic E-state index is 0.0521. The summed E-state index contributed by atoms with van der Waals surface area (Å²) in [5.74, 6) is 0.492. The Balaban J connectivity index is 2.07. The Labute approximate surface area is 123 Å². The highest BCUT2D eigenvalue weighted by Crippen LogP contribution is 2.24. The molecule has 19 heavy (non-hydrogen) atoms. The van der Waals surface area contributed by atoms with Crippen LogP contribution in [-0.2, 0) is 0 Å². The van der Waals surface area contributed by atoms with Crippen LogP contribution in [0.5, 0.6) is 0 Å². The van der Waals surface area contributed by atoms with Crippen molar-refractivity contribution in [3.05, 3.63) is 28.2 Å². The van der Waals surface area contributed by atoms with Crippen molar-refractivity contribution < 1.29 is 4.79 Å². The smallest absolute Gasteiger partial charge is 0.253 e. The fraction of sp³-hybridized carbons (Fsp3) is 0.533. The summed E-state index contributed by atoms with van der Waals surface area (Å²) in [5, 5.41) is 3.15. The lowest BCUT2D eigenvalue weighted by atomic mass is 9.96. The van der Waals surface area contributed by atoms with Crippen LogP contribution in [0.1, 0.15) is 49.4 Å². The van der Waals surface area contributed by atoms with E-state index in [0.29, 0.717) is 17.2 Å². The van der Waals surface area contributed by atoms with Crippen molar-refractivity contribution in [3.63, 3.8) is 0 Å². The van der Waals surface area contributed by atoms with Crippen LogP contribution in [0.2, 0.25) is 0 Å². The largest absolute Gasteiger partial charge is 0.398 e. The number of carbonyl (C=O) groups excluding carboxylic acids is 1. The predicted molar refractivity (Wildman–Crippen MR) is 82.1 cm³/mol. The summed E-state index contributed by atoms with van der Waals surface area (Å²) in [4.78, 5) is 12.3. The zero-order valence-corrected chi connectivity index (χ0v) is 12.9. The molecular formula is C15H21BrN2O. The van der Waals surface area contributed by atoms with Gasteiger partial charge in [-0.3, -0.25) is 4.79 Å². The number of nitrogens with one attached hydrogen (secondary N) is 1. The number of rotatable bonds is 2. The summed E-state index contributed by atoms with van der Waals surface area (Å²) in [5.41, 5.74) is 6.99. The summed E-state index contributed by atoms with van der Waals surface area (Å²) < 4.78 is 0.893. The van der Waals surface area contributed by atoms with Gasteiger partial charge in [-0.1, -0.05) is 42.1 Å². The van der Waals surface area contributed by atoms with Gasteiger partial charge in [-0.2, -0.15) is 0 Å². The summed E-state index contributed by atoms with van der Waals surface area (Å²) in [6.07, 6.45) is 6.01. The molecule has 2 atom stereocenters. The van der Waals surface area contributed by atoms with E-state index in [1.165, 1.54) is 25.7 Å². The molecule has 0 aliphatic heterocycles. The highest BCUT2D eigenvalue weighted by Gasteiger charge is 2.22. The van der Waals surface area contributed by atoms with Crippen LogP contribution in [-0.4, -0.2) is 11.9 Å². The van der Waals surface area contributed by atoms with Crippen LogP contribution in [0.25, 0.3) is 0 Å². The Hall–Kier alpha value is -1.03. The minimum atomic E-state index is -0.0521. The molecule has 0 radical (unpaired) electrons. The van der Waals surface area contributed by atoms with E-state index in [4.69, 9.17) is 5.73 Å². The SMILES string of the molecule is CC1CCCCCC1NC(=O)c1ccc(Br)cc1N. The van der Waals surface area contributed by atoms with E-state index in [1.54, 1.807) is 12.1 Å². The zero-order valence-electron chi connectivity index (χ0n) is 11.3. The van der Waals surface area contributed by atoms with Crippen LogP contribution in [0, 0.1) is 5.92 Å². The van der Waals surface area contributed by atoms with Gasteiger partial charge in [0, 0.05) is 16.2 Å². The number of nitrogens with two attached hydrogens (primary N) is 1. The lowest BCUT2D eigenvalue weighted by molar-refractivity contribution is 0.0922. The summed E-state index contributed by atoms with van der Waals surface area (Å²) in [6, 6.07) is 5.67. The molecule has 0 bridgehead atoms. The molecule has 1 amide bonds. The van der Waals surface area contributed by atoms with E-state index in [9.17, 15) is 4.79 Å². The fourth-order valence-corrected chi connectivity index (χ4v) is 3.07. The quantitative estimate of drug-likeness (QED) is 0.643. The number of hydrogen-bond donors (Lipinski definition) is 2. The van der Waals surface area contributed by atoms with E-state index in [0.717, 1.165) is 10.9 Å². The first kappa shape index (κ1) is 14.4. The molecule has 1 aliphatic carbocycles. The minimum Gasteiger partial charge on any atom is -0.398 e. The van der Waals surface area contributed by atoms with Gasteiger partial charge in [-0.05, 0) is 37.0 Å². The van der Waals surface area contributed by atoms with Crippen LogP contribution in [0.3, 0.4) is 0 Å². The molecule has 0 heterocycles. The number of amides is 1. The third kappa shape index (κ3) is 3.72. The lowest BCUT2D eigenvalue weighted by Crippen LogP contribution is -2.39. The molecule has 1 aromatic carbocycles. The number of hydrogen-bond acceptors (Lipinski definition) is 2. The number of halogens is 1. The fourth-order valence-electron chi connectivity index (χ4n) is 2.69. The van der Waals surface area contributed by atoms with Crippen molar-refractivity contribution in [2.24, 2.45) is 5.92 Å². The molecule has 4 heteroatoms. The summed E-state index contributed by atoms with van der Waals surface area (Å²) >= 11 is 3.35. The maximum absolute atomic E-state index is 12.3. The van der Waals surface area contributed by atoms with E-state index < -0.39 is 0 Å². The van der Waals surface area contributed by atoms with Gasteiger partial charge >= 0.3 is 0 Å². The molecular weight excluding hydrogens is 304 g/mol. The molecule has 3 N–H and O–H groups in total. The average Bonchev–Trinajstić information content (AvgIpc) is 2.55. The number of anilines is 1. The van der Waals surface area contributed by atoms with Crippen molar-refractivity contribution in [2.45, 2.75) is 45.1 Å². The Morgan fingerprint density at radius 2 is 2.05 bits per heavy atom.